The molecule has 1 fully saturated rings. The van der Waals surface area contributed by atoms with E-state index < -0.39 is 5.60 Å². The van der Waals surface area contributed by atoms with Crippen LogP contribution in [-0.4, -0.2) is 60.1 Å². The Morgan fingerprint density at radius 3 is 2.95 bits per heavy atom. The summed E-state index contributed by atoms with van der Waals surface area (Å²) >= 11 is 1.73. The molecule has 0 radical (unpaired) electrons. The van der Waals surface area contributed by atoms with Gasteiger partial charge in [0.25, 0.3) is 5.91 Å². The van der Waals surface area contributed by atoms with Gasteiger partial charge in [0.2, 0.25) is 0 Å². The summed E-state index contributed by atoms with van der Waals surface area (Å²) in [6.07, 6.45) is 5.26. The molecule has 1 atom stereocenters. The first-order chi connectivity index (χ1) is 9.98. The molecule has 0 unspecified atom stereocenters. The number of aryl methyl sites for hydroxylation is 1. The second kappa shape index (κ2) is 5.71. The Bertz CT molecular complexity index is 540. The van der Waals surface area contributed by atoms with Crippen molar-refractivity contribution in [1.82, 2.24) is 9.80 Å². The van der Waals surface area contributed by atoms with Crippen LogP contribution in [0.1, 0.15) is 40.1 Å². The minimum Gasteiger partial charge on any atom is -0.387 e. The van der Waals surface area contributed by atoms with Gasteiger partial charge in [0.15, 0.2) is 0 Å². The first-order valence-electron chi connectivity index (χ1n) is 7.74. The van der Waals surface area contributed by atoms with Crippen LogP contribution in [0.15, 0.2) is 5.38 Å². The second-order valence-electron chi connectivity index (χ2n) is 6.70. The van der Waals surface area contributed by atoms with E-state index in [9.17, 15) is 9.90 Å². The molecular weight excluding hydrogens is 284 g/mol. The summed E-state index contributed by atoms with van der Waals surface area (Å²) < 4.78 is 0. The van der Waals surface area contributed by atoms with Gasteiger partial charge >= 0.3 is 0 Å². The molecule has 1 aromatic heterocycles. The Kier molecular flexibility index (Phi) is 4.08. The standard InChI is InChI=1S/C16H24N2O2S/c1-17(2)10-16(20)7-8-18(11-16)15(19)13-9-21-14-6-4-3-5-12(13)14/h9,20H,3-8,10-11H2,1-2H3/t16-/m1/s1. The van der Waals surface area contributed by atoms with Crippen LogP contribution in [0.25, 0.3) is 0 Å². The van der Waals surface area contributed by atoms with Crippen LogP contribution in [0.5, 0.6) is 0 Å². The van der Waals surface area contributed by atoms with E-state index in [0.29, 0.717) is 26.1 Å². The Balaban J connectivity index is 1.73. The van der Waals surface area contributed by atoms with E-state index in [0.717, 1.165) is 18.4 Å². The SMILES string of the molecule is CN(C)C[C@]1(O)CCN(C(=O)c2csc3c2CCCC3)C1. The van der Waals surface area contributed by atoms with Crippen molar-refractivity contribution >= 4 is 17.2 Å². The van der Waals surface area contributed by atoms with Crippen molar-refractivity contribution < 1.29 is 9.90 Å². The van der Waals surface area contributed by atoms with Crippen LogP contribution in [0.2, 0.25) is 0 Å². The van der Waals surface area contributed by atoms with E-state index >= 15 is 0 Å². The van der Waals surface area contributed by atoms with Crippen LogP contribution in [0.4, 0.5) is 0 Å². The molecule has 4 nitrogen and oxygen atoms in total. The first-order valence-corrected chi connectivity index (χ1v) is 8.62. The third-order valence-electron chi connectivity index (χ3n) is 4.52. The van der Waals surface area contributed by atoms with Gasteiger partial charge in [-0.2, -0.15) is 0 Å². The van der Waals surface area contributed by atoms with Gasteiger partial charge in [-0.15, -0.1) is 11.3 Å². The molecular formula is C16H24N2O2S. The molecule has 5 heteroatoms. The van der Waals surface area contributed by atoms with Crippen molar-refractivity contribution in [2.24, 2.45) is 0 Å². The van der Waals surface area contributed by atoms with Crippen LogP contribution < -0.4 is 0 Å². The number of carbonyl (C=O) groups is 1. The fourth-order valence-electron chi connectivity index (χ4n) is 3.59. The molecule has 1 N–H and O–H groups in total. The molecule has 0 bridgehead atoms. The number of hydrogen-bond donors (Lipinski definition) is 1. The number of amides is 1. The lowest BCUT2D eigenvalue weighted by Gasteiger charge is -2.26. The summed E-state index contributed by atoms with van der Waals surface area (Å²) in [4.78, 5) is 18.0. The molecule has 0 spiro atoms. The normalized spacial score (nSPS) is 25.4. The molecule has 116 valence electrons. The van der Waals surface area contributed by atoms with Crippen molar-refractivity contribution in [2.45, 2.75) is 37.7 Å². The molecule has 0 saturated carbocycles. The maximum atomic E-state index is 12.8. The maximum Gasteiger partial charge on any atom is 0.255 e. The zero-order valence-corrected chi connectivity index (χ0v) is 13.7. The largest absolute Gasteiger partial charge is 0.387 e. The van der Waals surface area contributed by atoms with E-state index in [1.54, 1.807) is 11.3 Å². The predicted octanol–water partition coefficient (Wildman–Crippen LogP) is 1.77. The lowest BCUT2D eigenvalue weighted by atomic mass is 9.95. The topological polar surface area (TPSA) is 43.8 Å². The number of hydrogen-bond acceptors (Lipinski definition) is 4. The fraction of sp³-hybridized carbons (Fsp3) is 0.688. The van der Waals surface area contributed by atoms with Crippen LogP contribution in [0.3, 0.4) is 0 Å². The van der Waals surface area contributed by atoms with Crippen molar-refractivity contribution in [3.8, 4) is 0 Å². The Labute approximate surface area is 130 Å². The number of thiophene rings is 1. The summed E-state index contributed by atoms with van der Waals surface area (Å²) in [7, 11) is 3.91. The number of β-amino-alcohol motifs (C(OH)–C–C–N with tert-alkyl or cyclic N) is 1. The lowest BCUT2D eigenvalue weighted by molar-refractivity contribution is 0.0236. The van der Waals surface area contributed by atoms with Crippen molar-refractivity contribution in [2.75, 3.05) is 33.7 Å². The van der Waals surface area contributed by atoms with Gasteiger partial charge in [0.1, 0.15) is 0 Å². The van der Waals surface area contributed by atoms with Crippen LogP contribution in [0, 0.1) is 0 Å². The number of likely N-dealkylation sites (tertiary alicyclic amines) is 1. The zero-order chi connectivity index (χ0) is 15.0. The van der Waals surface area contributed by atoms with Gasteiger partial charge in [-0.1, -0.05) is 0 Å². The highest BCUT2D eigenvalue weighted by atomic mass is 32.1. The van der Waals surface area contributed by atoms with E-state index in [2.05, 4.69) is 0 Å². The number of aliphatic hydroxyl groups is 1. The first kappa shape index (κ1) is 15.0. The van der Waals surface area contributed by atoms with E-state index in [1.165, 1.54) is 23.3 Å². The summed E-state index contributed by atoms with van der Waals surface area (Å²) in [6, 6.07) is 0. The molecule has 21 heavy (non-hydrogen) atoms. The van der Waals surface area contributed by atoms with Gasteiger partial charge < -0.3 is 14.9 Å². The highest BCUT2D eigenvalue weighted by Gasteiger charge is 2.39. The average molecular weight is 308 g/mol. The molecule has 1 amide bonds. The Hall–Kier alpha value is -0.910. The molecule has 0 aromatic carbocycles. The van der Waals surface area contributed by atoms with Crippen LogP contribution in [-0.2, 0) is 12.8 Å². The molecule has 1 saturated heterocycles. The van der Waals surface area contributed by atoms with Gasteiger partial charge in [-0.25, -0.2) is 0 Å². The molecule has 1 aromatic rings. The minimum absolute atomic E-state index is 0.115. The molecule has 3 rings (SSSR count). The monoisotopic (exact) mass is 308 g/mol. The van der Waals surface area contributed by atoms with E-state index in [4.69, 9.17) is 0 Å². The highest BCUT2D eigenvalue weighted by Crippen LogP contribution is 2.32. The number of carbonyl (C=O) groups excluding carboxylic acids is 1. The maximum absolute atomic E-state index is 12.8. The van der Waals surface area contributed by atoms with Gasteiger partial charge in [-0.05, 0) is 51.8 Å². The van der Waals surface area contributed by atoms with Crippen LogP contribution >= 0.6 is 11.3 Å². The molecule has 1 aliphatic carbocycles. The predicted molar refractivity (Wildman–Crippen MR) is 85.0 cm³/mol. The van der Waals surface area contributed by atoms with Crippen molar-refractivity contribution in [1.29, 1.82) is 0 Å². The second-order valence-corrected chi connectivity index (χ2v) is 7.66. The number of fused-ring (bicyclic) bond motifs is 1. The third kappa shape index (κ3) is 3.00. The number of likely N-dealkylation sites (N-methyl/N-ethyl adjacent to an activating group) is 1. The number of rotatable bonds is 3. The van der Waals surface area contributed by atoms with E-state index in [1.807, 2.05) is 29.3 Å². The van der Waals surface area contributed by atoms with Gasteiger partial charge in [0, 0.05) is 23.3 Å². The van der Waals surface area contributed by atoms with Crippen molar-refractivity contribution in [3.05, 3.63) is 21.4 Å². The summed E-state index contributed by atoms with van der Waals surface area (Å²) in [5.41, 5.74) is 1.41. The summed E-state index contributed by atoms with van der Waals surface area (Å²) in [6.45, 7) is 1.72. The molecule has 1 aliphatic heterocycles. The van der Waals surface area contributed by atoms with Gasteiger partial charge in [0.05, 0.1) is 17.7 Å². The Morgan fingerprint density at radius 2 is 2.19 bits per heavy atom. The average Bonchev–Trinajstić information content (AvgIpc) is 3.01. The third-order valence-corrected chi connectivity index (χ3v) is 5.61. The zero-order valence-electron chi connectivity index (χ0n) is 12.9. The summed E-state index contributed by atoms with van der Waals surface area (Å²) in [5, 5.41) is 12.6. The molecule has 2 heterocycles. The van der Waals surface area contributed by atoms with Gasteiger partial charge in [-0.3, -0.25) is 4.79 Å². The fourth-order valence-corrected chi connectivity index (χ4v) is 4.71. The molecule has 2 aliphatic rings. The van der Waals surface area contributed by atoms with Crippen molar-refractivity contribution in [3.63, 3.8) is 0 Å². The highest BCUT2D eigenvalue weighted by molar-refractivity contribution is 7.10. The quantitative estimate of drug-likeness (QED) is 0.925. The lowest BCUT2D eigenvalue weighted by Crippen LogP contribution is -2.43. The minimum atomic E-state index is -0.755. The summed E-state index contributed by atoms with van der Waals surface area (Å²) in [5.74, 6) is 0.115. The smallest absolute Gasteiger partial charge is 0.255 e. The Morgan fingerprint density at radius 1 is 1.43 bits per heavy atom. The van der Waals surface area contributed by atoms with E-state index in [-0.39, 0.29) is 5.91 Å². The number of nitrogens with zero attached hydrogens (tertiary/aromatic N) is 2.